The first-order valence-corrected chi connectivity index (χ1v) is 6.09. The Kier molecular flexibility index (Phi) is 2.70. The van der Waals surface area contributed by atoms with E-state index < -0.39 is 0 Å². The van der Waals surface area contributed by atoms with Crippen molar-refractivity contribution in [3.05, 3.63) is 29.8 Å². The summed E-state index contributed by atoms with van der Waals surface area (Å²) in [7, 11) is 0. The molecule has 3 rings (SSSR count). The first-order valence-electron chi connectivity index (χ1n) is 6.09. The van der Waals surface area contributed by atoms with Crippen LogP contribution in [-0.2, 0) is 0 Å². The van der Waals surface area contributed by atoms with E-state index in [9.17, 15) is 0 Å². The molecule has 0 radical (unpaired) electrons. The maximum Gasteiger partial charge on any atom is 0.249 e. The Morgan fingerprint density at radius 1 is 1.33 bits per heavy atom. The van der Waals surface area contributed by atoms with Gasteiger partial charge in [0.05, 0.1) is 0 Å². The van der Waals surface area contributed by atoms with Gasteiger partial charge in [-0.3, -0.25) is 0 Å². The summed E-state index contributed by atoms with van der Waals surface area (Å²) in [4.78, 5) is 15.0. The number of aromatic nitrogens is 4. The molecule has 0 amide bonds. The summed E-state index contributed by atoms with van der Waals surface area (Å²) in [6.45, 7) is 4.76. The highest BCUT2D eigenvalue weighted by Crippen LogP contribution is 2.34. The van der Waals surface area contributed by atoms with Crippen LogP contribution in [0.25, 0.3) is 0 Å². The summed E-state index contributed by atoms with van der Waals surface area (Å²) in [5, 5.41) is 3.86. The molecule has 2 aromatic heterocycles. The van der Waals surface area contributed by atoms with Gasteiger partial charge in [-0.25, -0.2) is 9.97 Å². The molecule has 2 aromatic rings. The minimum Gasteiger partial charge on any atom is -0.344 e. The number of nitrogens with zero attached hydrogens (tertiary/aromatic N) is 5. The third-order valence-electron chi connectivity index (χ3n) is 3.16. The normalized spacial score (nSPS) is 19.4. The van der Waals surface area contributed by atoms with Gasteiger partial charge in [-0.15, -0.1) is 0 Å². The smallest absolute Gasteiger partial charge is 0.249 e. The fraction of sp³-hybridized carbons (Fsp3) is 0.500. The Bertz CT molecular complexity index is 553. The van der Waals surface area contributed by atoms with Crippen molar-refractivity contribution in [3.63, 3.8) is 0 Å². The molecule has 1 atom stereocenters. The molecule has 1 aliphatic heterocycles. The van der Waals surface area contributed by atoms with E-state index in [1.807, 2.05) is 19.9 Å². The minimum atomic E-state index is 0.139. The van der Waals surface area contributed by atoms with Crippen LogP contribution in [0.2, 0.25) is 0 Å². The highest BCUT2D eigenvalue weighted by atomic mass is 16.5. The molecule has 1 aliphatic rings. The Morgan fingerprint density at radius 2 is 2.22 bits per heavy atom. The fourth-order valence-corrected chi connectivity index (χ4v) is 2.34. The highest BCUT2D eigenvalue weighted by molar-refractivity contribution is 5.42. The zero-order valence-corrected chi connectivity index (χ0v) is 10.5. The van der Waals surface area contributed by atoms with E-state index in [0.29, 0.717) is 11.7 Å². The molecule has 0 saturated carbocycles. The third-order valence-corrected chi connectivity index (χ3v) is 3.16. The number of rotatable bonds is 2. The number of hydrogen-bond donors (Lipinski definition) is 0. The van der Waals surface area contributed by atoms with Crippen LogP contribution in [0.4, 0.5) is 5.82 Å². The predicted octanol–water partition coefficient (Wildman–Crippen LogP) is 1.82. The molecular weight excluding hydrogens is 230 g/mol. The molecule has 1 fully saturated rings. The van der Waals surface area contributed by atoms with Gasteiger partial charge >= 0.3 is 0 Å². The molecule has 6 heteroatoms. The van der Waals surface area contributed by atoms with Gasteiger partial charge in [0.2, 0.25) is 5.89 Å². The molecule has 0 aromatic carbocycles. The van der Waals surface area contributed by atoms with Gasteiger partial charge in [0, 0.05) is 18.3 Å². The van der Waals surface area contributed by atoms with Gasteiger partial charge in [0.15, 0.2) is 5.82 Å². The molecule has 0 N–H and O–H groups in total. The zero-order chi connectivity index (χ0) is 12.5. The first kappa shape index (κ1) is 11.1. The second kappa shape index (κ2) is 4.36. The molecule has 3 heterocycles. The lowest BCUT2D eigenvalue weighted by Gasteiger charge is -2.22. The van der Waals surface area contributed by atoms with Crippen LogP contribution in [0.5, 0.6) is 0 Å². The SMILES string of the molecule is Cc1cc(N2CCCC2c2nc(C)no2)ncn1. The summed E-state index contributed by atoms with van der Waals surface area (Å²) >= 11 is 0. The fourth-order valence-electron chi connectivity index (χ4n) is 2.34. The lowest BCUT2D eigenvalue weighted by Crippen LogP contribution is -2.24. The van der Waals surface area contributed by atoms with Crippen LogP contribution < -0.4 is 4.90 Å². The number of anilines is 1. The van der Waals surface area contributed by atoms with E-state index in [1.54, 1.807) is 6.33 Å². The minimum absolute atomic E-state index is 0.139. The molecule has 18 heavy (non-hydrogen) atoms. The van der Waals surface area contributed by atoms with Gasteiger partial charge < -0.3 is 9.42 Å². The van der Waals surface area contributed by atoms with Crippen molar-refractivity contribution in [3.8, 4) is 0 Å². The Labute approximate surface area is 105 Å². The summed E-state index contributed by atoms with van der Waals surface area (Å²) in [5.41, 5.74) is 0.965. The Morgan fingerprint density at radius 3 is 2.94 bits per heavy atom. The van der Waals surface area contributed by atoms with Crippen molar-refractivity contribution in [2.75, 3.05) is 11.4 Å². The van der Waals surface area contributed by atoms with Crippen LogP contribution >= 0.6 is 0 Å². The van der Waals surface area contributed by atoms with E-state index in [1.165, 1.54) is 0 Å². The van der Waals surface area contributed by atoms with Crippen molar-refractivity contribution < 1.29 is 4.52 Å². The quantitative estimate of drug-likeness (QED) is 0.803. The average Bonchev–Trinajstić information content (AvgIpc) is 2.96. The van der Waals surface area contributed by atoms with Gasteiger partial charge in [0.1, 0.15) is 18.2 Å². The van der Waals surface area contributed by atoms with Gasteiger partial charge in [-0.1, -0.05) is 5.16 Å². The molecule has 1 saturated heterocycles. The lowest BCUT2D eigenvalue weighted by molar-refractivity contribution is 0.351. The first-order chi connectivity index (χ1) is 8.74. The van der Waals surface area contributed by atoms with Crippen LogP contribution in [0.15, 0.2) is 16.9 Å². The third kappa shape index (κ3) is 1.94. The second-order valence-electron chi connectivity index (χ2n) is 4.55. The topological polar surface area (TPSA) is 67.9 Å². The summed E-state index contributed by atoms with van der Waals surface area (Å²) in [5.74, 6) is 2.29. The highest BCUT2D eigenvalue weighted by Gasteiger charge is 2.31. The maximum absolute atomic E-state index is 5.28. The largest absolute Gasteiger partial charge is 0.344 e. The van der Waals surface area contributed by atoms with Crippen molar-refractivity contribution in [2.24, 2.45) is 0 Å². The Hall–Kier alpha value is -1.98. The van der Waals surface area contributed by atoms with Crippen LogP contribution in [0, 0.1) is 13.8 Å². The van der Waals surface area contributed by atoms with Crippen LogP contribution in [0.3, 0.4) is 0 Å². The average molecular weight is 245 g/mol. The standard InChI is InChI=1S/C12H15N5O/c1-8-6-11(14-7-13-8)17-5-3-4-10(17)12-15-9(2)16-18-12/h6-7,10H,3-5H2,1-2H3. The zero-order valence-electron chi connectivity index (χ0n) is 10.5. The van der Waals surface area contributed by atoms with Crippen molar-refractivity contribution >= 4 is 5.82 Å². The van der Waals surface area contributed by atoms with E-state index in [-0.39, 0.29) is 6.04 Å². The molecule has 1 unspecified atom stereocenters. The van der Waals surface area contributed by atoms with E-state index >= 15 is 0 Å². The summed E-state index contributed by atoms with van der Waals surface area (Å²) in [6, 6.07) is 2.13. The predicted molar refractivity (Wildman–Crippen MR) is 65.1 cm³/mol. The van der Waals surface area contributed by atoms with Crippen molar-refractivity contribution in [1.29, 1.82) is 0 Å². The molecule has 0 bridgehead atoms. The molecule has 0 spiro atoms. The van der Waals surface area contributed by atoms with E-state index in [2.05, 4.69) is 25.0 Å². The number of hydrogen-bond acceptors (Lipinski definition) is 6. The maximum atomic E-state index is 5.28. The van der Waals surface area contributed by atoms with Crippen molar-refractivity contribution in [1.82, 2.24) is 20.1 Å². The van der Waals surface area contributed by atoms with Crippen LogP contribution in [0.1, 0.15) is 36.3 Å². The van der Waals surface area contributed by atoms with Gasteiger partial charge in [-0.2, -0.15) is 4.98 Å². The molecule has 0 aliphatic carbocycles. The van der Waals surface area contributed by atoms with Crippen LogP contribution in [-0.4, -0.2) is 26.7 Å². The van der Waals surface area contributed by atoms with Crippen molar-refractivity contribution in [2.45, 2.75) is 32.7 Å². The second-order valence-corrected chi connectivity index (χ2v) is 4.55. The molecular formula is C12H15N5O. The lowest BCUT2D eigenvalue weighted by atomic mass is 10.2. The number of aryl methyl sites for hydroxylation is 2. The van der Waals surface area contributed by atoms with Gasteiger partial charge in [-0.05, 0) is 26.7 Å². The van der Waals surface area contributed by atoms with E-state index in [0.717, 1.165) is 30.9 Å². The molecule has 94 valence electrons. The monoisotopic (exact) mass is 245 g/mol. The van der Waals surface area contributed by atoms with Gasteiger partial charge in [0.25, 0.3) is 0 Å². The van der Waals surface area contributed by atoms with E-state index in [4.69, 9.17) is 4.52 Å². The summed E-state index contributed by atoms with van der Waals surface area (Å²) in [6.07, 6.45) is 3.72. The summed E-state index contributed by atoms with van der Waals surface area (Å²) < 4.78 is 5.28. The Balaban J connectivity index is 1.92. The molecule has 6 nitrogen and oxygen atoms in total.